The maximum absolute atomic E-state index is 13.2. The number of fused-ring (bicyclic) bond motifs is 2. The topological polar surface area (TPSA) is 80.8 Å². The van der Waals surface area contributed by atoms with Gasteiger partial charge in [0.2, 0.25) is 0 Å². The van der Waals surface area contributed by atoms with Gasteiger partial charge in [-0.05, 0) is 49.7 Å². The molecule has 0 saturated heterocycles. The Balaban J connectivity index is 2.03. The lowest BCUT2D eigenvalue weighted by Crippen LogP contribution is -2.29. The Kier molecular flexibility index (Phi) is 6.47. The molecule has 2 aliphatic rings. The van der Waals surface area contributed by atoms with E-state index in [0.29, 0.717) is 22.3 Å². The lowest BCUT2D eigenvalue weighted by molar-refractivity contribution is 0.0767. The lowest BCUT2D eigenvalue weighted by atomic mass is 9.90. The molecular formula is C27H29N3O3. The highest BCUT2D eigenvalue weighted by Gasteiger charge is 2.23. The summed E-state index contributed by atoms with van der Waals surface area (Å²) >= 11 is 0. The highest BCUT2D eigenvalue weighted by Crippen LogP contribution is 2.42. The van der Waals surface area contributed by atoms with Gasteiger partial charge in [0.25, 0.3) is 5.91 Å². The molecule has 170 valence electrons. The molecule has 6 heteroatoms. The van der Waals surface area contributed by atoms with Crippen molar-refractivity contribution in [1.29, 1.82) is 5.41 Å². The van der Waals surface area contributed by atoms with E-state index in [-0.39, 0.29) is 19.1 Å². The second-order valence-electron chi connectivity index (χ2n) is 8.04. The van der Waals surface area contributed by atoms with Gasteiger partial charge >= 0.3 is 0 Å². The number of carbonyl (C=O) groups is 1. The van der Waals surface area contributed by atoms with E-state index in [1.807, 2.05) is 36.4 Å². The predicted octanol–water partition coefficient (Wildman–Crippen LogP) is 4.59. The summed E-state index contributed by atoms with van der Waals surface area (Å²) in [6.45, 7) is 6.17. The van der Waals surface area contributed by atoms with Crippen molar-refractivity contribution in [3.05, 3.63) is 71.6 Å². The molecule has 0 spiro atoms. The number of anilines is 1. The third-order valence-corrected chi connectivity index (χ3v) is 6.04. The number of aliphatic hydroxyl groups excluding tert-OH is 1. The largest absolute Gasteiger partial charge is 0.456 e. The first-order valence-electron chi connectivity index (χ1n) is 11.2. The Morgan fingerprint density at radius 1 is 1.00 bits per heavy atom. The molecule has 2 aromatic carbocycles. The summed E-state index contributed by atoms with van der Waals surface area (Å²) in [7, 11) is 1.69. The molecule has 0 saturated carbocycles. The van der Waals surface area contributed by atoms with Crippen molar-refractivity contribution in [1.82, 2.24) is 4.90 Å². The quantitative estimate of drug-likeness (QED) is 0.409. The molecule has 1 aliphatic carbocycles. The van der Waals surface area contributed by atoms with Crippen LogP contribution >= 0.6 is 0 Å². The fourth-order valence-corrected chi connectivity index (χ4v) is 4.30. The minimum absolute atomic E-state index is 0.0963. The van der Waals surface area contributed by atoms with E-state index in [2.05, 4.69) is 30.9 Å². The summed E-state index contributed by atoms with van der Waals surface area (Å²) in [6, 6.07) is 19.0. The molecule has 2 aromatic rings. The second kappa shape index (κ2) is 9.46. The average molecular weight is 444 g/mol. The third-order valence-electron chi connectivity index (χ3n) is 6.04. The molecule has 0 unspecified atom stereocenters. The summed E-state index contributed by atoms with van der Waals surface area (Å²) in [5.41, 5.74) is 4.88. The lowest BCUT2D eigenvalue weighted by Gasteiger charge is -2.23. The van der Waals surface area contributed by atoms with Crippen molar-refractivity contribution in [3.8, 4) is 22.5 Å². The molecule has 1 amide bonds. The van der Waals surface area contributed by atoms with Crippen LogP contribution in [0.3, 0.4) is 0 Å². The van der Waals surface area contributed by atoms with Crippen molar-refractivity contribution >= 4 is 22.6 Å². The van der Waals surface area contributed by atoms with E-state index in [1.54, 1.807) is 19.2 Å². The van der Waals surface area contributed by atoms with Crippen LogP contribution in [-0.2, 0) is 0 Å². The zero-order valence-corrected chi connectivity index (χ0v) is 19.3. The number of rotatable bonds is 7. The van der Waals surface area contributed by atoms with Crippen molar-refractivity contribution in [3.63, 3.8) is 0 Å². The van der Waals surface area contributed by atoms with Crippen LogP contribution in [0.5, 0.6) is 0 Å². The van der Waals surface area contributed by atoms with Gasteiger partial charge in [0.15, 0.2) is 0 Å². The van der Waals surface area contributed by atoms with Gasteiger partial charge in [0.1, 0.15) is 11.3 Å². The number of carbonyl (C=O) groups excluding carboxylic acids is 1. The van der Waals surface area contributed by atoms with Crippen LogP contribution in [0.25, 0.3) is 33.4 Å². The van der Waals surface area contributed by atoms with Gasteiger partial charge in [0, 0.05) is 66.6 Å². The van der Waals surface area contributed by atoms with Crippen molar-refractivity contribution in [2.45, 2.75) is 13.8 Å². The van der Waals surface area contributed by atoms with Crippen LogP contribution < -0.4 is 10.3 Å². The number of amides is 1. The third kappa shape index (κ3) is 4.22. The van der Waals surface area contributed by atoms with Crippen LogP contribution in [0, 0.1) is 5.41 Å². The van der Waals surface area contributed by atoms with Crippen LogP contribution in [0.1, 0.15) is 24.2 Å². The van der Waals surface area contributed by atoms with Gasteiger partial charge in [-0.25, -0.2) is 0 Å². The summed E-state index contributed by atoms with van der Waals surface area (Å²) in [6.07, 6.45) is 0. The summed E-state index contributed by atoms with van der Waals surface area (Å²) in [5.74, 6) is 0.450. The van der Waals surface area contributed by atoms with Gasteiger partial charge in [-0.2, -0.15) is 0 Å². The first-order valence-corrected chi connectivity index (χ1v) is 11.2. The van der Waals surface area contributed by atoms with Crippen molar-refractivity contribution < 1.29 is 14.3 Å². The van der Waals surface area contributed by atoms with Crippen LogP contribution in [0.4, 0.5) is 5.69 Å². The number of hydrogen-bond donors (Lipinski definition) is 2. The zero-order chi connectivity index (χ0) is 23.5. The van der Waals surface area contributed by atoms with E-state index in [9.17, 15) is 9.90 Å². The molecular weight excluding hydrogens is 414 g/mol. The highest BCUT2D eigenvalue weighted by atomic mass is 16.3. The molecule has 0 bridgehead atoms. The molecule has 2 N–H and O–H groups in total. The summed E-state index contributed by atoms with van der Waals surface area (Å²) < 4.78 is 6.28. The Morgan fingerprint density at radius 2 is 1.76 bits per heavy atom. The number of benzene rings is 3. The Labute approximate surface area is 193 Å². The van der Waals surface area contributed by atoms with E-state index >= 15 is 0 Å². The summed E-state index contributed by atoms with van der Waals surface area (Å²) in [4.78, 5) is 17.0. The van der Waals surface area contributed by atoms with Gasteiger partial charge in [-0.1, -0.05) is 18.2 Å². The smallest absolute Gasteiger partial charge is 0.254 e. The molecule has 0 atom stereocenters. The number of nitrogens with one attached hydrogen (secondary N) is 1. The normalized spacial score (nSPS) is 11.2. The standard InChI is InChI=1S/C27H29N3O3/c1-4-30(5-2)19-11-13-23-25(17-19)33-24-16-18(28)10-12-22(24)26(23)20-8-6-7-9-21(20)27(32)29(3)14-15-31/h6-13,16-17,28,31H,4-5,14-15H2,1-3H3. The number of likely N-dealkylation sites (N-methyl/N-ethyl adjacent to an activating group) is 1. The van der Waals surface area contributed by atoms with Crippen molar-refractivity contribution in [2.75, 3.05) is 38.2 Å². The zero-order valence-electron chi connectivity index (χ0n) is 19.3. The highest BCUT2D eigenvalue weighted by molar-refractivity contribution is 6.09. The van der Waals surface area contributed by atoms with Gasteiger partial charge < -0.3 is 24.7 Å². The second-order valence-corrected chi connectivity index (χ2v) is 8.04. The minimum atomic E-state index is -0.154. The molecule has 1 aliphatic heterocycles. The van der Waals surface area contributed by atoms with Gasteiger partial charge in [0.05, 0.1) is 12.0 Å². The minimum Gasteiger partial charge on any atom is -0.456 e. The number of nitrogens with zero attached hydrogens (tertiary/aromatic N) is 2. The molecule has 4 rings (SSSR count). The van der Waals surface area contributed by atoms with Gasteiger partial charge in [-0.3, -0.25) is 4.79 Å². The van der Waals surface area contributed by atoms with Gasteiger partial charge in [-0.15, -0.1) is 0 Å². The van der Waals surface area contributed by atoms with Crippen LogP contribution in [-0.4, -0.2) is 49.2 Å². The molecule has 1 heterocycles. The van der Waals surface area contributed by atoms with Crippen molar-refractivity contribution in [2.24, 2.45) is 0 Å². The number of aliphatic hydroxyl groups is 1. The fraction of sp³-hybridized carbons (Fsp3) is 0.259. The van der Waals surface area contributed by atoms with Crippen LogP contribution in [0.2, 0.25) is 0 Å². The van der Waals surface area contributed by atoms with E-state index in [4.69, 9.17) is 9.83 Å². The Morgan fingerprint density at radius 3 is 2.48 bits per heavy atom. The first-order chi connectivity index (χ1) is 16.0. The maximum Gasteiger partial charge on any atom is 0.254 e. The monoisotopic (exact) mass is 443 g/mol. The number of hydrogen-bond acceptors (Lipinski definition) is 5. The first kappa shape index (κ1) is 22.6. The molecule has 0 radical (unpaired) electrons. The predicted molar refractivity (Wildman–Crippen MR) is 132 cm³/mol. The van der Waals surface area contributed by atoms with E-state index in [1.165, 1.54) is 4.90 Å². The fourth-order valence-electron chi connectivity index (χ4n) is 4.30. The molecule has 0 fully saturated rings. The SMILES string of the molecule is CCN(CC)c1ccc2c(-c3ccccc3C(=O)N(C)CCO)c3ccc(=N)cc-3oc2c1. The Hall–Kier alpha value is -3.64. The van der Waals surface area contributed by atoms with E-state index < -0.39 is 0 Å². The summed E-state index contributed by atoms with van der Waals surface area (Å²) in [5, 5.41) is 18.7. The maximum atomic E-state index is 13.2. The molecule has 33 heavy (non-hydrogen) atoms. The Bertz CT molecular complexity index is 1320. The molecule has 0 aromatic heterocycles. The van der Waals surface area contributed by atoms with E-state index in [0.717, 1.165) is 40.9 Å². The average Bonchev–Trinajstić information content (AvgIpc) is 2.83. The molecule has 6 nitrogen and oxygen atoms in total. The van der Waals surface area contributed by atoms with Crippen LogP contribution in [0.15, 0.2) is 65.1 Å².